The van der Waals surface area contributed by atoms with Gasteiger partial charge in [0, 0.05) is 31.0 Å². The number of aromatic nitrogens is 3. The highest BCUT2D eigenvalue weighted by atomic mass is 15.2. The van der Waals surface area contributed by atoms with E-state index in [1.165, 1.54) is 0 Å². The van der Waals surface area contributed by atoms with E-state index >= 15 is 0 Å². The quantitative estimate of drug-likeness (QED) is 0.820. The number of hydrogen-bond donors (Lipinski definition) is 0. The van der Waals surface area contributed by atoms with E-state index in [1.807, 2.05) is 40.1 Å². The van der Waals surface area contributed by atoms with Crippen LogP contribution in [-0.4, -0.2) is 29.3 Å². The molecule has 2 heterocycles. The van der Waals surface area contributed by atoms with Gasteiger partial charge in [0.2, 0.25) is 0 Å². The molecule has 0 radical (unpaired) electrons. The van der Waals surface area contributed by atoms with Crippen LogP contribution in [0.2, 0.25) is 0 Å². The SMILES string of the molecule is Cc1cc(-c2cc(C#N)c(N(C)C)nn2)cc(C)n1. The topological polar surface area (TPSA) is 65.7 Å². The summed E-state index contributed by atoms with van der Waals surface area (Å²) in [5, 5.41) is 17.5. The van der Waals surface area contributed by atoms with Crippen LogP contribution in [0.5, 0.6) is 0 Å². The molecule has 0 aliphatic heterocycles. The van der Waals surface area contributed by atoms with Crippen LogP contribution in [0.4, 0.5) is 5.82 Å². The van der Waals surface area contributed by atoms with Crippen molar-refractivity contribution in [2.24, 2.45) is 0 Å². The minimum Gasteiger partial charge on any atom is -0.360 e. The number of nitriles is 1. The van der Waals surface area contributed by atoms with Crippen molar-refractivity contribution in [2.75, 3.05) is 19.0 Å². The highest BCUT2D eigenvalue weighted by molar-refractivity contribution is 5.65. The third kappa shape index (κ3) is 2.68. The molecule has 0 amide bonds. The number of aryl methyl sites for hydroxylation is 2. The lowest BCUT2D eigenvalue weighted by Gasteiger charge is -2.12. The molecule has 2 rings (SSSR count). The summed E-state index contributed by atoms with van der Waals surface area (Å²) in [5.41, 5.74) is 3.98. The van der Waals surface area contributed by atoms with Gasteiger partial charge >= 0.3 is 0 Å². The molecule has 0 saturated carbocycles. The molecule has 0 saturated heterocycles. The lowest BCUT2D eigenvalue weighted by atomic mass is 10.1. The Labute approximate surface area is 112 Å². The molecule has 0 aliphatic carbocycles. The molecule has 19 heavy (non-hydrogen) atoms. The second-order valence-corrected chi connectivity index (χ2v) is 4.61. The zero-order valence-electron chi connectivity index (χ0n) is 11.5. The molecule has 0 spiro atoms. The highest BCUT2D eigenvalue weighted by Crippen LogP contribution is 2.22. The zero-order chi connectivity index (χ0) is 14.0. The minimum absolute atomic E-state index is 0.516. The number of pyridine rings is 1. The van der Waals surface area contributed by atoms with Crippen molar-refractivity contribution in [2.45, 2.75) is 13.8 Å². The lowest BCUT2D eigenvalue weighted by molar-refractivity contribution is 0.961. The van der Waals surface area contributed by atoms with Gasteiger partial charge in [0.25, 0.3) is 0 Å². The monoisotopic (exact) mass is 253 g/mol. The van der Waals surface area contributed by atoms with Crippen molar-refractivity contribution < 1.29 is 0 Å². The number of rotatable bonds is 2. The maximum Gasteiger partial charge on any atom is 0.168 e. The third-order valence-corrected chi connectivity index (χ3v) is 2.70. The van der Waals surface area contributed by atoms with Crippen LogP contribution in [0.15, 0.2) is 18.2 Å². The summed E-state index contributed by atoms with van der Waals surface area (Å²) < 4.78 is 0. The molecule has 0 aromatic carbocycles. The predicted octanol–water partition coefficient (Wildman–Crippen LogP) is 2.09. The third-order valence-electron chi connectivity index (χ3n) is 2.70. The molecule has 0 N–H and O–H groups in total. The van der Waals surface area contributed by atoms with Crippen molar-refractivity contribution in [3.8, 4) is 17.3 Å². The molecule has 0 fully saturated rings. The molecule has 2 aromatic heterocycles. The van der Waals surface area contributed by atoms with Gasteiger partial charge in [-0.15, -0.1) is 10.2 Å². The van der Waals surface area contributed by atoms with Crippen LogP contribution in [0.3, 0.4) is 0 Å². The molecular weight excluding hydrogens is 238 g/mol. The standard InChI is InChI=1S/C14H15N5/c1-9-5-11(6-10(2)16-9)13-7-12(8-15)14(18-17-13)19(3)4/h5-7H,1-4H3. The van der Waals surface area contributed by atoms with Crippen LogP contribution < -0.4 is 4.90 Å². The Morgan fingerprint density at radius 2 is 1.68 bits per heavy atom. The summed E-state index contributed by atoms with van der Waals surface area (Å²) in [4.78, 5) is 6.10. The summed E-state index contributed by atoms with van der Waals surface area (Å²) in [6, 6.07) is 7.79. The Morgan fingerprint density at radius 3 is 2.21 bits per heavy atom. The minimum atomic E-state index is 0.516. The van der Waals surface area contributed by atoms with Crippen molar-refractivity contribution >= 4 is 5.82 Å². The number of anilines is 1. The van der Waals surface area contributed by atoms with Crippen molar-refractivity contribution in [1.29, 1.82) is 5.26 Å². The van der Waals surface area contributed by atoms with Crippen LogP contribution in [-0.2, 0) is 0 Å². The van der Waals surface area contributed by atoms with Gasteiger partial charge in [0.05, 0.1) is 11.3 Å². The van der Waals surface area contributed by atoms with E-state index < -0.39 is 0 Å². The molecule has 96 valence electrons. The fraction of sp³-hybridized carbons (Fsp3) is 0.286. The number of hydrogen-bond acceptors (Lipinski definition) is 5. The first-order valence-electron chi connectivity index (χ1n) is 5.92. The van der Waals surface area contributed by atoms with Crippen LogP contribution in [0, 0.1) is 25.2 Å². The maximum atomic E-state index is 9.19. The van der Waals surface area contributed by atoms with Gasteiger partial charge in [-0.1, -0.05) is 0 Å². The van der Waals surface area contributed by atoms with Gasteiger partial charge in [0.1, 0.15) is 6.07 Å². The summed E-state index contributed by atoms with van der Waals surface area (Å²) in [7, 11) is 3.68. The molecule has 5 heteroatoms. The van der Waals surface area contributed by atoms with E-state index in [0.29, 0.717) is 17.1 Å². The Morgan fingerprint density at radius 1 is 1.05 bits per heavy atom. The first-order valence-corrected chi connectivity index (χ1v) is 5.92. The fourth-order valence-corrected chi connectivity index (χ4v) is 1.92. The summed E-state index contributed by atoms with van der Waals surface area (Å²) in [5.74, 6) is 0.578. The van der Waals surface area contributed by atoms with E-state index in [0.717, 1.165) is 17.0 Å². The highest BCUT2D eigenvalue weighted by Gasteiger charge is 2.10. The number of nitrogens with zero attached hydrogens (tertiary/aromatic N) is 5. The first-order chi connectivity index (χ1) is 9.01. The molecule has 0 unspecified atom stereocenters. The van der Waals surface area contributed by atoms with Crippen LogP contribution in [0.1, 0.15) is 17.0 Å². The Kier molecular flexibility index (Phi) is 3.43. The van der Waals surface area contributed by atoms with Crippen molar-refractivity contribution in [3.05, 3.63) is 35.2 Å². The van der Waals surface area contributed by atoms with Crippen LogP contribution in [0.25, 0.3) is 11.3 Å². The zero-order valence-corrected chi connectivity index (χ0v) is 11.5. The summed E-state index contributed by atoms with van der Waals surface area (Å²) in [6.07, 6.45) is 0. The van der Waals surface area contributed by atoms with E-state index in [4.69, 9.17) is 0 Å². The summed E-state index contributed by atoms with van der Waals surface area (Å²) >= 11 is 0. The van der Waals surface area contributed by atoms with Gasteiger partial charge in [0.15, 0.2) is 5.82 Å². The Balaban J connectivity index is 2.55. The average molecular weight is 253 g/mol. The molecule has 0 bridgehead atoms. The van der Waals surface area contributed by atoms with Crippen molar-refractivity contribution in [3.63, 3.8) is 0 Å². The van der Waals surface area contributed by atoms with Gasteiger partial charge in [-0.05, 0) is 32.0 Å². The van der Waals surface area contributed by atoms with Crippen LogP contribution >= 0.6 is 0 Å². The smallest absolute Gasteiger partial charge is 0.168 e. The van der Waals surface area contributed by atoms with E-state index in [-0.39, 0.29) is 0 Å². The summed E-state index contributed by atoms with van der Waals surface area (Å²) in [6.45, 7) is 3.87. The van der Waals surface area contributed by atoms with E-state index in [2.05, 4.69) is 21.3 Å². The van der Waals surface area contributed by atoms with Gasteiger partial charge < -0.3 is 4.90 Å². The van der Waals surface area contributed by atoms with E-state index in [9.17, 15) is 5.26 Å². The van der Waals surface area contributed by atoms with Crippen molar-refractivity contribution in [1.82, 2.24) is 15.2 Å². The molecule has 5 nitrogen and oxygen atoms in total. The second-order valence-electron chi connectivity index (χ2n) is 4.61. The Hall–Kier alpha value is -2.48. The van der Waals surface area contributed by atoms with Gasteiger partial charge in [-0.25, -0.2) is 0 Å². The predicted molar refractivity (Wildman–Crippen MR) is 73.8 cm³/mol. The largest absolute Gasteiger partial charge is 0.360 e. The molecule has 2 aromatic rings. The van der Waals surface area contributed by atoms with E-state index in [1.54, 1.807) is 11.0 Å². The van der Waals surface area contributed by atoms with Gasteiger partial charge in [-0.3, -0.25) is 4.98 Å². The Bertz CT molecular complexity index is 635. The normalized spacial score (nSPS) is 10.1. The maximum absolute atomic E-state index is 9.19. The molecule has 0 aliphatic rings. The fourth-order valence-electron chi connectivity index (χ4n) is 1.92. The lowest BCUT2D eigenvalue weighted by Crippen LogP contribution is -2.13. The molecular formula is C14H15N5. The molecule has 0 atom stereocenters. The van der Waals surface area contributed by atoms with Gasteiger partial charge in [-0.2, -0.15) is 5.26 Å². The second kappa shape index (κ2) is 5.02. The first kappa shape index (κ1) is 13.0. The average Bonchev–Trinajstić information content (AvgIpc) is 2.36.